The van der Waals surface area contributed by atoms with Crippen LogP contribution in [0.3, 0.4) is 0 Å². The molecule has 122 valence electrons. The lowest BCUT2D eigenvalue weighted by Crippen LogP contribution is -2.77. The molecule has 1 saturated carbocycles. The molecule has 3 heterocycles. The van der Waals surface area contributed by atoms with Crippen molar-refractivity contribution in [1.82, 2.24) is 4.90 Å². The van der Waals surface area contributed by atoms with E-state index in [0.717, 1.165) is 37.8 Å². The van der Waals surface area contributed by atoms with Gasteiger partial charge in [0.15, 0.2) is 11.5 Å². The van der Waals surface area contributed by atoms with Gasteiger partial charge in [0.2, 0.25) is 0 Å². The van der Waals surface area contributed by atoms with E-state index in [2.05, 4.69) is 11.9 Å². The van der Waals surface area contributed by atoms with Crippen molar-refractivity contribution in [3.63, 3.8) is 0 Å². The van der Waals surface area contributed by atoms with Crippen LogP contribution in [0.4, 0.5) is 0 Å². The van der Waals surface area contributed by atoms with Gasteiger partial charge in [0.25, 0.3) is 0 Å². The Balaban J connectivity index is 1.70. The highest BCUT2D eigenvalue weighted by atomic mass is 16.6. The number of likely N-dealkylation sites (N-methyl/N-ethyl adjacent to an activating group) is 1. The molecule has 0 radical (unpaired) electrons. The third kappa shape index (κ3) is 1.17. The SMILES string of the molecule is CN1CC[C@]23c4c5ccc(O)c4OC2C2(CCC3(O)C1C5)CO2. The van der Waals surface area contributed by atoms with Gasteiger partial charge in [0, 0.05) is 11.6 Å². The van der Waals surface area contributed by atoms with Crippen molar-refractivity contribution in [2.45, 2.75) is 54.4 Å². The molecule has 4 unspecified atom stereocenters. The zero-order chi connectivity index (χ0) is 15.6. The molecule has 2 aliphatic carbocycles. The van der Waals surface area contributed by atoms with Gasteiger partial charge in [0.1, 0.15) is 11.7 Å². The lowest BCUT2D eigenvalue weighted by Gasteiger charge is -2.63. The molecule has 0 amide bonds. The van der Waals surface area contributed by atoms with Crippen LogP contribution >= 0.6 is 0 Å². The molecule has 3 fully saturated rings. The number of nitrogens with zero attached hydrogens (tertiary/aromatic N) is 1. The zero-order valence-electron chi connectivity index (χ0n) is 13.2. The van der Waals surface area contributed by atoms with Gasteiger partial charge in [-0.25, -0.2) is 0 Å². The Morgan fingerprint density at radius 2 is 2.09 bits per heavy atom. The summed E-state index contributed by atoms with van der Waals surface area (Å²) in [6.45, 7) is 1.65. The van der Waals surface area contributed by atoms with Crippen molar-refractivity contribution in [3.8, 4) is 11.5 Å². The van der Waals surface area contributed by atoms with Gasteiger partial charge in [-0.2, -0.15) is 0 Å². The molecule has 3 aliphatic heterocycles. The number of benzene rings is 1. The summed E-state index contributed by atoms with van der Waals surface area (Å²) in [6, 6.07) is 3.87. The molecule has 2 saturated heterocycles. The molecule has 23 heavy (non-hydrogen) atoms. The normalized spacial score (nSPS) is 49.0. The van der Waals surface area contributed by atoms with Crippen LogP contribution in [0.15, 0.2) is 12.1 Å². The Bertz CT molecular complexity index is 745. The molecule has 5 atom stereocenters. The van der Waals surface area contributed by atoms with Crippen LogP contribution in [-0.4, -0.2) is 58.7 Å². The van der Waals surface area contributed by atoms with Gasteiger partial charge in [-0.15, -0.1) is 0 Å². The first kappa shape index (κ1) is 13.0. The van der Waals surface area contributed by atoms with Crippen molar-refractivity contribution in [1.29, 1.82) is 0 Å². The third-order valence-corrected chi connectivity index (χ3v) is 7.40. The summed E-state index contributed by atoms with van der Waals surface area (Å²) in [7, 11) is 2.12. The molecule has 5 aliphatic rings. The van der Waals surface area contributed by atoms with E-state index in [9.17, 15) is 10.2 Å². The first-order chi connectivity index (χ1) is 11.0. The minimum absolute atomic E-state index is 0.112. The summed E-state index contributed by atoms with van der Waals surface area (Å²) >= 11 is 0. The van der Waals surface area contributed by atoms with Crippen LogP contribution in [0, 0.1) is 0 Å². The van der Waals surface area contributed by atoms with Crippen LogP contribution in [0.2, 0.25) is 0 Å². The van der Waals surface area contributed by atoms with E-state index in [0.29, 0.717) is 12.4 Å². The number of aromatic hydroxyl groups is 1. The van der Waals surface area contributed by atoms with Gasteiger partial charge in [-0.1, -0.05) is 6.07 Å². The zero-order valence-corrected chi connectivity index (χ0v) is 13.2. The number of likely N-dealkylation sites (tertiary alicyclic amines) is 1. The average molecular weight is 315 g/mol. The maximum atomic E-state index is 11.9. The molecule has 6 rings (SSSR count). The van der Waals surface area contributed by atoms with Crippen LogP contribution in [0.5, 0.6) is 11.5 Å². The molecular formula is C18H21NO4. The number of piperidine rings is 1. The summed E-state index contributed by atoms with van der Waals surface area (Å²) in [5, 5.41) is 22.2. The highest BCUT2D eigenvalue weighted by Gasteiger charge is 2.78. The fraction of sp³-hybridized carbons (Fsp3) is 0.667. The van der Waals surface area contributed by atoms with E-state index >= 15 is 0 Å². The predicted octanol–water partition coefficient (Wildman–Crippen LogP) is 0.945. The van der Waals surface area contributed by atoms with E-state index in [-0.39, 0.29) is 23.5 Å². The molecule has 1 aromatic rings. The maximum Gasteiger partial charge on any atom is 0.165 e. The van der Waals surface area contributed by atoms with E-state index in [1.54, 1.807) is 6.07 Å². The first-order valence-electron chi connectivity index (χ1n) is 8.60. The molecule has 0 aromatic heterocycles. The summed E-state index contributed by atoms with van der Waals surface area (Å²) in [4.78, 5) is 2.31. The summed E-state index contributed by atoms with van der Waals surface area (Å²) < 4.78 is 12.2. The number of hydrogen-bond acceptors (Lipinski definition) is 5. The second-order valence-electron chi connectivity index (χ2n) is 8.15. The molecule has 2 N–H and O–H groups in total. The minimum atomic E-state index is -0.798. The van der Waals surface area contributed by atoms with Crippen molar-refractivity contribution in [2.75, 3.05) is 20.2 Å². The number of ether oxygens (including phenoxy) is 2. The number of hydrogen-bond donors (Lipinski definition) is 2. The number of rotatable bonds is 0. The molecule has 2 spiro atoms. The third-order valence-electron chi connectivity index (χ3n) is 7.40. The highest BCUT2D eigenvalue weighted by molar-refractivity contribution is 5.63. The number of phenols is 1. The smallest absolute Gasteiger partial charge is 0.165 e. The van der Waals surface area contributed by atoms with Crippen LogP contribution in [0.1, 0.15) is 30.4 Å². The van der Waals surface area contributed by atoms with E-state index < -0.39 is 11.0 Å². The Morgan fingerprint density at radius 1 is 1.26 bits per heavy atom. The Morgan fingerprint density at radius 3 is 2.87 bits per heavy atom. The predicted molar refractivity (Wildman–Crippen MR) is 81.8 cm³/mol. The molecule has 5 nitrogen and oxygen atoms in total. The van der Waals surface area contributed by atoms with Crippen molar-refractivity contribution >= 4 is 0 Å². The monoisotopic (exact) mass is 315 g/mol. The molecule has 2 bridgehead atoms. The van der Waals surface area contributed by atoms with Gasteiger partial charge in [-0.05, 0) is 50.9 Å². The summed E-state index contributed by atoms with van der Waals surface area (Å²) in [5.41, 5.74) is 0.810. The Kier molecular flexibility index (Phi) is 2.00. The first-order valence-corrected chi connectivity index (χ1v) is 8.60. The summed E-state index contributed by atoms with van der Waals surface area (Å²) in [6.07, 6.45) is 3.09. The topological polar surface area (TPSA) is 65.5 Å². The van der Waals surface area contributed by atoms with Crippen molar-refractivity contribution in [2.24, 2.45) is 0 Å². The average Bonchev–Trinajstić information content (AvgIpc) is 3.21. The quantitative estimate of drug-likeness (QED) is 0.698. The second-order valence-corrected chi connectivity index (χ2v) is 8.15. The van der Waals surface area contributed by atoms with E-state index in [4.69, 9.17) is 9.47 Å². The highest BCUT2D eigenvalue weighted by Crippen LogP contribution is 2.69. The van der Waals surface area contributed by atoms with Crippen LogP contribution in [-0.2, 0) is 16.6 Å². The van der Waals surface area contributed by atoms with Crippen molar-refractivity contribution in [3.05, 3.63) is 23.3 Å². The number of phenolic OH excluding ortho intramolecular Hbond substituents is 1. The van der Waals surface area contributed by atoms with E-state index in [1.807, 2.05) is 6.07 Å². The molecule has 1 aromatic carbocycles. The second kappa shape index (κ2) is 3.53. The van der Waals surface area contributed by atoms with Gasteiger partial charge < -0.3 is 24.6 Å². The lowest BCUT2D eigenvalue weighted by atomic mass is 9.47. The summed E-state index contributed by atoms with van der Waals surface area (Å²) in [5.74, 6) is 0.800. The fourth-order valence-electron chi connectivity index (χ4n) is 6.23. The number of fused-ring (bicyclic) bond motifs is 1. The number of epoxide rings is 1. The van der Waals surface area contributed by atoms with E-state index in [1.165, 1.54) is 5.56 Å². The van der Waals surface area contributed by atoms with Crippen molar-refractivity contribution < 1.29 is 19.7 Å². The molecular weight excluding hydrogens is 294 g/mol. The fourth-order valence-corrected chi connectivity index (χ4v) is 6.23. The largest absolute Gasteiger partial charge is 0.504 e. The number of aliphatic hydroxyl groups is 1. The van der Waals surface area contributed by atoms with Gasteiger partial charge in [-0.3, -0.25) is 0 Å². The minimum Gasteiger partial charge on any atom is -0.504 e. The maximum absolute atomic E-state index is 11.9. The Hall–Kier alpha value is -1.30. The van der Waals surface area contributed by atoms with Gasteiger partial charge in [0.05, 0.1) is 17.6 Å². The van der Waals surface area contributed by atoms with Gasteiger partial charge >= 0.3 is 0 Å². The Labute approximate surface area is 134 Å². The van der Waals surface area contributed by atoms with Crippen LogP contribution < -0.4 is 4.74 Å². The lowest BCUT2D eigenvalue weighted by molar-refractivity contribution is -0.196. The van der Waals surface area contributed by atoms with Crippen LogP contribution in [0.25, 0.3) is 0 Å². The molecule has 5 heteroatoms. The standard InChI is InChI=1S/C18H21NO4/c1-19-7-6-17-13-10-2-3-11(20)14(13)23-15(17)16(9-22-16)4-5-18(17,21)12(19)8-10/h2-3,12,15,20-21H,4-9H2,1H3/t12?,15?,16?,17-,18?/m0/s1.